The van der Waals surface area contributed by atoms with Crippen LogP contribution >= 0.6 is 0 Å². The fourth-order valence-electron chi connectivity index (χ4n) is 3.51. The van der Waals surface area contributed by atoms with Gasteiger partial charge in [-0.1, -0.05) is 18.2 Å². The summed E-state index contributed by atoms with van der Waals surface area (Å²) in [6.07, 6.45) is 2.46. The van der Waals surface area contributed by atoms with Crippen molar-refractivity contribution in [1.29, 1.82) is 0 Å². The van der Waals surface area contributed by atoms with E-state index in [1.807, 2.05) is 38.2 Å². The fourth-order valence-corrected chi connectivity index (χ4v) is 3.51. The number of rotatable bonds is 9. The summed E-state index contributed by atoms with van der Waals surface area (Å²) < 4.78 is 5.34. The summed E-state index contributed by atoms with van der Waals surface area (Å²) in [4.78, 5) is 19.5. The number of benzene rings is 1. The molecular formula is C21H36N4O2. The van der Waals surface area contributed by atoms with Crippen molar-refractivity contribution in [3.8, 4) is 5.75 Å². The van der Waals surface area contributed by atoms with Crippen molar-refractivity contribution in [2.45, 2.75) is 38.4 Å². The van der Waals surface area contributed by atoms with Gasteiger partial charge in [-0.05, 0) is 60.1 Å². The van der Waals surface area contributed by atoms with Crippen LogP contribution in [0, 0.1) is 0 Å². The van der Waals surface area contributed by atoms with E-state index in [-0.39, 0.29) is 11.9 Å². The highest BCUT2D eigenvalue weighted by atomic mass is 16.5. The van der Waals surface area contributed by atoms with Gasteiger partial charge in [0.25, 0.3) is 0 Å². The van der Waals surface area contributed by atoms with E-state index in [4.69, 9.17) is 4.74 Å². The Bertz CT molecular complexity index is 587. The van der Waals surface area contributed by atoms with Gasteiger partial charge in [0, 0.05) is 31.2 Å². The van der Waals surface area contributed by atoms with Crippen LogP contribution in [0.25, 0.3) is 0 Å². The van der Waals surface area contributed by atoms with Gasteiger partial charge in [0.2, 0.25) is 5.91 Å². The molecule has 1 amide bonds. The molecule has 0 bridgehead atoms. The van der Waals surface area contributed by atoms with E-state index in [0.717, 1.165) is 24.4 Å². The lowest BCUT2D eigenvalue weighted by Crippen LogP contribution is -2.48. The first kappa shape index (κ1) is 21.7. The first-order chi connectivity index (χ1) is 12.9. The predicted octanol–water partition coefficient (Wildman–Crippen LogP) is 1.66. The van der Waals surface area contributed by atoms with Crippen LogP contribution in [-0.4, -0.2) is 87.1 Å². The van der Waals surface area contributed by atoms with Crippen LogP contribution in [0.3, 0.4) is 0 Å². The molecule has 0 spiro atoms. The van der Waals surface area contributed by atoms with E-state index in [0.29, 0.717) is 12.6 Å². The summed E-state index contributed by atoms with van der Waals surface area (Å²) in [5.74, 6) is 0.851. The number of nitrogens with zero attached hydrogens (tertiary/aromatic N) is 3. The smallest absolute Gasteiger partial charge is 0.237 e. The number of ether oxygens (including phenoxy) is 1. The topological polar surface area (TPSA) is 48.1 Å². The van der Waals surface area contributed by atoms with E-state index >= 15 is 0 Å². The normalized spacial score (nSPS) is 17.3. The largest absolute Gasteiger partial charge is 0.496 e. The van der Waals surface area contributed by atoms with Crippen LogP contribution in [0.1, 0.15) is 25.3 Å². The summed E-state index contributed by atoms with van der Waals surface area (Å²) in [6.45, 7) is 6.66. The lowest BCUT2D eigenvalue weighted by atomic mass is 10.0. The molecule has 0 saturated carbocycles. The number of methoxy groups -OCH3 is 1. The summed E-state index contributed by atoms with van der Waals surface area (Å²) in [5.41, 5.74) is 0.991. The van der Waals surface area contributed by atoms with Gasteiger partial charge in [-0.25, -0.2) is 0 Å². The Labute approximate surface area is 164 Å². The van der Waals surface area contributed by atoms with Crippen molar-refractivity contribution in [2.24, 2.45) is 0 Å². The van der Waals surface area contributed by atoms with Crippen LogP contribution in [0.15, 0.2) is 24.3 Å². The van der Waals surface area contributed by atoms with Crippen molar-refractivity contribution in [3.63, 3.8) is 0 Å². The fraction of sp³-hybridized carbons (Fsp3) is 0.667. The zero-order chi connectivity index (χ0) is 19.8. The number of likely N-dealkylation sites (tertiary alicyclic amines) is 1. The van der Waals surface area contributed by atoms with E-state index < -0.39 is 0 Å². The van der Waals surface area contributed by atoms with Crippen LogP contribution in [-0.2, 0) is 11.3 Å². The molecule has 0 radical (unpaired) electrons. The summed E-state index contributed by atoms with van der Waals surface area (Å²) in [6, 6.07) is 8.27. The predicted molar refractivity (Wildman–Crippen MR) is 110 cm³/mol. The molecule has 152 valence electrons. The van der Waals surface area contributed by atoms with E-state index in [2.05, 4.69) is 34.1 Å². The second kappa shape index (κ2) is 10.6. The highest BCUT2D eigenvalue weighted by Crippen LogP contribution is 2.17. The van der Waals surface area contributed by atoms with Gasteiger partial charge in [-0.15, -0.1) is 0 Å². The molecule has 6 heteroatoms. The minimum absolute atomic E-state index is 0.0466. The molecule has 1 fully saturated rings. The molecule has 0 aromatic heterocycles. The monoisotopic (exact) mass is 376 g/mol. The number of hydrogen-bond acceptors (Lipinski definition) is 5. The molecule has 0 aliphatic carbocycles. The lowest BCUT2D eigenvalue weighted by molar-refractivity contribution is -0.125. The molecule has 1 aliphatic heterocycles. The van der Waals surface area contributed by atoms with E-state index in [1.54, 1.807) is 7.11 Å². The zero-order valence-corrected chi connectivity index (χ0v) is 17.6. The highest BCUT2D eigenvalue weighted by molar-refractivity contribution is 5.81. The van der Waals surface area contributed by atoms with Crippen molar-refractivity contribution >= 4 is 5.91 Å². The Hall–Kier alpha value is -1.63. The first-order valence-corrected chi connectivity index (χ1v) is 9.91. The van der Waals surface area contributed by atoms with Crippen molar-refractivity contribution in [3.05, 3.63) is 29.8 Å². The van der Waals surface area contributed by atoms with Gasteiger partial charge < -0.3 is 19.9 Å². The van der Waals surface area contributed by atoms with Gasteiger partial charge in [0.15, 0.2) is 0 Å². The molecule has 1 aliphatic rings. The summed E-state index contributed by atoms with van der Waals surface area (Å²) in [7, 11) is 8.07. The van der Waals surface area contributed by atoms with Gasteiger partial charge in [0.05, 0.1) is 13.2 Å². The second-order valence-electron chi connectivity index (χ2n) is 7.70. The van der Waals surface area contributed by atoms with E-state index in [9.17, 15) is 4.79 Å². The molecule has 6 nitrogen and oxygen atoms in total. The third-order valence-corrected chi connectivity index (χ3v) is 5.80. The number of amides is 1. The lowest BCUT2D eigenvalue weighted by Gasteiger charge is -2.36. The highest BCUT2D eigenvalue weighted by Gasteiger charge is 2.22. The van der Waals surface area contributed by atoms with Gasteiger partial charge >= 0.3 is 0 Å². The quantitative estimate of drug-likeness (QED) is 0.710. The molecule has 1 aromatic carbocycles. The second-order valence-corrected chi connectivity index (χ2v) is 7.70. The molecular weight excluding hydrogens is 340 g/mol. The Balaban J connectivity index is 1.75. The summed E-state index contributed by atoms with van der Waals surface area (Å²) in [5, 5.41) is 3.03. The molecule has 27 heavy (non-hydrogen) atoms. The minimum atomic E-state index is -0.161. The minimum Gasteiger partial charge on any atom is -0.496 e. The molecule has 1 saturated heterocycles. The number of nitrogens with one attached hydrogen (secondary N) is 1. The first-order valence-electron chi connectivity index (χ1n) is 9.91. The number of likely N-dealkylation sites (N-methyl/N-ethyl adjacent to an activating group) is 2. The van der Waals surface area contributed by atoms with E-state index in [1.165, 1.54) is 25.9 Å². The summed E-state index contributed by atoms with van der Waals surface area (Å²) >= 11 is 0. The Kier molecular flexibility index (Phi) is 8.54. The molecule has 2 rings (SSSR count). The SMILES string of the molecule is COc1ccccc1CNC(=O)C(C)N(C)CCN(C)C1CCN(C)CC1. The Morgan fingerprint density at radius 3 is 2.59 bits per heavy atom. The molecule has 1 atom stereocenters. The maximum atomic E-state index is 12.5. The Morgan fingerprint density at radius 1 is 1.26 bits per heavy atom. The standard InChI is InChI=1S/C21H36N4O2/c1-17(21(26)22-16-18-8-6-7-9-20(18)27-5)24(3)14-15-25(4)19-10-12-23(2)13-11-19/h6-9,17,19H,10-16H2,1-5H3,(H,22,26). The number of hydrogen-bond donors (Lipinski definition) is 1. The maximum Gasteiger partial charge on any atom is 0.237 e. The van der Waals surface area contributed by atoms with Gasteiger partial charge in [-0.2, -0.15) is 0 Å². The molecule has 1 N–H and O–H groups in total. The van der Waals surface area contributed by atoms with Crippen LogP contribution in [0.2, 0.25) is 0 Å². The van der Waals surface area contributed by atoms with Crippen LogP contribution in [0.5, 0.6) is 5.75 Å². The molecule has 1 heterocycles. The van der Waals surface area contributed by atoms with Crippen molar-refractivity contribution < 1.29 is 9.53 Å². The van der Waals surface area contributed by atoms with Gasteiger partial charge in [0.1, 0.15) is 5.75 Å². The zero-order valence-electron chi connectivity index (χ0n) is 17.6. The maximum absolute atomic E-state index is 12.5. The number of para-hydroxylation sites is 1. The van der Waals surface area contributed by atoms with Crippen molar-refractivity contribution in [2.75, 3.05) is 54.4 Å². The molecule has 1 aromatic rings. The Morgan fingerprint density at radius 2 is 1.93 bits per heavy atom. The van der Waals surface area contributed by atoms with Crippen LogP contribution in [0.4, 0.5) is 0 Å². The third-order valence-electron chi connectivity index (χ3n) is 5.80. The van der Waals surface area contributed by atoms with Gasteiger partial charge in [-0.3, -0.25) is 9.69 Å². The number of carbonyl (C=O) groups is 1. The third kappa shape index (κ3) is 6.48. The van der Waals surface area contributed by atoms with Crippen molar-refractivity contribution in [1.82, 2.24) is 20.0 Å². The number of piperidine rings is 1. The number of carbonyl (C=O) groups excluding carboxylic acids is 1. The average Bonchev–Trinajstić information content (AvgIpc) is 2.70. The van der Waals surface area contributed by atoms with Crippen LogP contribution < -0.4 is 10.1 Å². The average molecular weight is 377 g/mol. The molecule has 1 unspecified atom stereocenters.